The lowest BCUT2D eigenvalue weighted by atomic mass is 10.1. The van der Waals surface area contributed by atoms with Gasteiger partial charge in [-0.2, -0.15) is 0 Å². The molecule has 1 aromatic rings. The largest absolute Gasteiger partial charge is 0.489 e. The number of ether oxygens (including phenoxy) is 1. The lowest BCUT2D eigenvalue weighted by Gasteiger charge is -2.22. The maximum absolute atomic E-state index is 11.6. The molecule has 3 heterocycles. The van der Waals surface area contributed by atoms with Gasteiger partial charge in [0.25, 0.3) is 5.56 Å². The molecule has 2 fully saturated rings. The molecule has 2 aliphatic heterocycles. The minimum absolute atomic E-state index is 0.240. The van der Waals surface area contributed by atoms with Crippen LogP contribution in [0.2, 0.25) is 0 Å². The van der Waals surface area contributed by atoms with Crippen LogP contribution in [-0.4, -0.2) is 47.2 Å². The van der Waals surface area contributed by atoms with Gasteiger partial charge in [0.15, 0.2) is 5.82 Å². The van der Waals surface area contributed by atoms with Crippen molar-refractivity contribution in [3.63, 3.8) is 0 Å². The molecule has 0 saturated carbocycles. The van der Waals surface area contributed by atoms with Crippen LogP contribution in [0.3, 0.4) is 0 Å². The summed E-state index contributed by atoms with van der Waals surface area (Å²) in [6, 6.07) is 0.950. The standard InChI is InChI=1S/C12H18N4O2/c1-18-10-11(13-7-14-12(10)17)15-8-4-6-16-5-2-3-9(8)16/h7-9H,2-6H2,1H3,(H2,13,14,15,17). The second-order valence-corrected chi connectivity index (χ2v) is 4.90. The van der Waals surface area contributed by atoms with Gasteiger partial charge in [-0.1, -0.05) is 0 Å². The molecule has 1 aromatic heterocycles. The molecule has 0 bridgehead atoms. The number of rotatable bonds is 3. The second kappa shape index (κ2) is 4.61. The summed E-state index contributed by atoms with van der Waals surface area (Å²) >= 11 is 0. The van der Waals surface area contributed by atoms with E-state index in [4.69, 9.17) is 4.74 Å². The number of anilines is 1. The predicted molar refractivity (Wildman–Crippen MR) is 68.0 cm³/mol. The molecule has 6 heteroatoms. The quantitative estimate of drug-likeness (QED) is 0.814. The van der Waals surface area contributed by atoms with E-state index < -0.39 is 0 Å². The molecule has 2 N–H and O–H groups in total. The van der Waals surface area contributed by atoms with Gasteiger partial charge in [-0.05, 0) is 25.8 Å². The van der Waals surface area contributed by atoms with Crippen LogP contribution in [0.15, 0.2) is 11.1 Å². The molecule has 6 nitrogen and oxygen atoms in total. The van der Waals surface area contributed by atoms with E-state index in [1.807, 2.05) is 0 Å². The highest BCUT2D eigenvalue weighted by atomic mass is 16.5. The summed E-state index contributed by atoms with van der Waals surface area (Å²) in [6.07, 6.45) is 5.00. The highest BCUT2D eigenvalue weighted by molar-refractivity contribution is 5.49. The average molecular weight is 250 g/mol. The third-order valence-electron chi connectivity index (χ3n) is 3.94. The highest BCUT2D eigenvalue weighted by Crippen LogP contribution is 2.30. The van der Waals surface area contributed by atoms with Gasteiger partial charge in [0.2, 0.25) is 5.75 Å². The normalized spacial score (nSPS) is 27.2. The number of nitrogens with one attached hydrogen (secondary N) is 2. The maximum atomic E-state index is 11.6. The smallest absolute Gasteiger partial charge is 0.295 e. The van der Waals surface area contributed by atoms with Crippen molar-refractivity contribution in [2.45, 2.75) is 31.3 Å². The first-order valence-electron chi connectivity index (χ1n) is 6.42. The van der Waals surface area contributed by atoms with Gasteiger partial charge in [0.05, 0.1) is 13.4 Å². The van der Waals surface area contributed by atoms with Crippen LogP contribution in [0.1, 0.15) is 19.3 Å². The molecule has 0 aliphatic carbocycles. The van der Waals surface area contributed by atoms with Gasteiger partial charge >= 0.3 is 0 Å². The van der Waals surface area contributed by atoms with Gasteiger partial charge in [0, 0.05) is 18.6 Å². The number of hydrogen-bond acceptors (Lipinski definition) is 5. The van der Waals surface area contributed by atoms with E-state index in [1.165, 1.54) is 32.8 Å². The van der Waals surface area contributed by atoms with E-state index in [2.05, 4.69) is 20.2 Å². The Bertz CT molecular complexity index is 487. The number of methoxy groups -OCH3 is 1. The van der Waals surface area contributed by atoms with Gasteiger partial charge in [-0.15, -0.1) is 0 Å². The number of hydrogen-bond donors (Lipinski definition) is 2. The molecule has 18 heavy (non-hydrogen) atoms. The first kappa shape index (κ1) is 11.5. The predicted octanol–water partition coefficient (Wildman–Crippen LogP) is 0.427. The van der Waals surface area contributed by atoms with Gasteiger partial charge in [-0.25, -0.2) is 4.98 Å². The average Bonchev–Trinajstić information content (AvgIpc) is 2.94. The van der Waals surface area contributed by atoms with E-state index in [0.717, 1.165) is 13.0 Å². The van der Waals surface area contributed by atoms with Crippen molar-refractivity contribution in [1.82, 2.24) is 14.9 Å². The lowest BCUT2D eigenvalue weighted by Crippen LogP contribution is -2.34. The molecule has 2 aliphatic rings. The van der Waals surface area contributed by atoms with E-state index >= 15 is 0 Å². The first-order valence-corrected chi connectivity index (χ1v) is 6.42. The molecule has 2 saturated heterocycles. The topological polar surface area (TPSA) is 70.2 Å². The Morgan fingerprint density at radius 1 is 1.50 bits per heavy atom. The number of H-pyrrole nitrogens is 1. The third-order valence-corrected chi connectivity index (χ3v) is 3.94. The number of aromatic amines is 1. The van der Waals surface area contributed by atoms with Crippen LogP contribution in [0.4, 0.5) is 5.82 Å². The summed E-state index contributed by atoms with van der Waals surface area (Å²) < 4.78 is 5.12. The van der Waals surface area contributed by atoms with Crippen molar-refractivity contribution >= 4 is 5.82 Å². The van der Waals surface area contributed by atoms with Crippen molar-refractivity contribution in [3.8, 4) is 5.75 Å². The lowest BCUT2D eigenvalue weighted by molar-refractivity contribution is 0.317. The van der Waals surface area contributed by atoms with E-state index in [1.54, 1.807) is 0 Å². The van der Waals surface area contributed by atoms with Crippen LogP contribution in [0.5, 0.6) is 5.75 Å². The van der Waals surface area contributed by atoms with Crippen LogP contribution in [0, 0.1) is 0 Å². The number of fused-ring (bicyclic) bond motifs is 1. The van der Waals surface area contributed by atoms with Crippen molar-refractivity contribution in [3.05, 3.63) is 16.7 Å². The highest BCUT2D eigenvalue weighted by Gasteiger charge is 2.37. The van der Waals surface area contributed by atoms with Crippen LogP contribution in [-0.2, 0) is 0 Å². The fourth-order valence-electron chi connectivity index (χ4n) is 3.11. The minimum Gasteiger partial charge on any atom is -0.489 e. The summed E-state index contributed by atoms with van der Waals surface area (Å²) in [6.45, 7) is 2.33. The van der Waals surface area contributed by atoms with Gasteiger partial charge in [-0.3, -0.25) is 9.69 Å². The summed E-state index contributed by atoms with van der Waals surface area (Å²) in [5.74, 6) is 0.828. The molecular formula is C12H18N4O2. The molecule has 0 amide bonds. The third kappa shape index (κ3) is 1.86. The molecule has 2 atom stereocenters. The molecule has 2 unspecified atom stereocenters. The molecule has 0 aromatic carbocycles. The summed E-state index contributed by atoms with van der Waals surface area (Å²) in [5, 5.41) is 3.37. The minimum atomic E-state index is -0.240. The van der Waals surface area contributed by atoms with Crippen LogP contribution >= 0.6 is 0 Å². The maximum Gasteiger partial charge on any atom is 0.295 e. The van der Waals surface area contributed by atoms with Crippen molar-refractivity contribution < 1.29 is 4.74 Å². The molecule has 98 valence electrons. The van der Waals surface area contributed by atoms with Crippen LogP contribution < -0.4 is 15.6 Å². The van der Waals surface area contributed by atoms with Crippen molar-refractivity contribution in [2.75, 3.05) is 25.5 Å². The summed E-state index contributed by atoms with van der Waals surface area (Å²) in [7, 11) is 1.49. The van der Waals surface area contributed by atoms with Crippen molar-refractivity contribution in [2.24, 2.45) is 0 Å². The Balaban J connectivity index is 1.80. The Kier molecular flexibility index (Phi) is 2.95. The zero-order chi connectivity index (χ0) is 12.5. The fourth-order valence-corrected chi connectivity index (χ4v) is 3.11. The fraction of sp³-hybridized carbons (Fsp3) is 0.667. The van der Waals surface area contributed by atoms with E-state index in [0.29, 0.717) is 17.9 Å². The van der Waals surface area contributed by atoms with Crippen molar-refractivity contribution in [1.29, 1.82) is 0 Å². The number of nitrogens with zero attached hydrogens (tertiary/aromatic N) is 2. The Labute approximate surface area is 105 Å². The van der Waals surface area contributed by atoms with Gasteiger partial charge in [0.1, 0.15) is 0 Å². The Hall–Kier alpha value is -1.56. The van der Waals surface area contributed by atoms with Gasteiger partial charge < -0.3 is 15.0 Å². The van der Waals surface area contributed by atoms with E-state index in [9.17, 15) is 4.79 Å². The zero-order valence-corrected chi connectivity index (χ0v) is 10.5. The molecule has 0 spiro atoms. The Morgan fingerprint density at radius 3 is 3.22 bits per heavy atom. The zero-order valence-electron chi connectivity index (χ0n) is 10.5. The summed E-state index contributed by atoms with van der Waals surface area (Å²) in [5.41, 5.74) is -0.240. The monoisotopic (exact) mass is 250 g/mol. The summed E-state index contributed by atoms with van der Waals surface area (Å²) in [4.78, 5) is 20.8. The molecular weight excluding hydrogens is 232 g/mol. The molecule has 0 radical (unpaired) electrons. The van der Waals surface area contributed by atoms with Crippen LogP contribution in [0.25, 0.3) is 0 Å². The van der Waals surface area contributed by atoms with E-state index in [-0.39, 0.29) is 11.3 Å². The first-order chi connectivity index (χ1) is 8.79. The SMILES string of the molecule is COc1c(NC2CCN3CCCC23)nc[nH]c1=O. The Morgan fingerprint density at radius 2 is 2.39 bits per heavy atom. The number of aromatic nitrogens is 2. The second-order valence-electron chi connectivity index (χ2n) is 4.90. The molecule has 3 rings (SSSR count).